The van der Waals surface area contributed by atoms with Gasteiger partial charge in [-0.05, 0) is 24.3 Å². The second-order valence-electron chi connectivity index (χ2n) is 5.72. The SMILES string of the molecule is CCc1nc(OCC(=O)Nc2ccc3c(c2)OCO3)c2ccccc2n1. The molecule has 0 spiro atoms. The Morgan fingerprint density at radius 2 is 2.00 bits per heavy atom. The molecule has 132 valence electrons. The number of nitrogens with one attached hydrogen (secondary N) is 1. The molecule has 7 nitrogen and oxygen atoms in total. The Labute approximate surface area is 149 Å². The van der Waals surface area contributed by atoms with E-state index < -0.39 is 0 Å². The summed E-state index contributed by atoms with van der Waals surface area (Å²) in [6.07, 6.45) is 0.685. The summed E-state index contributed by atoms with van der Waals surface area (Å²) in [6.45, 7) is 2.01. The maximum Gasteiger partial charge on any atom is 0.262 e. The molecule has 2 aromatic carbocycles. The molecule has 26 heavy (non-hydrogen) atoms. The summed E-state index contributed by atoms with van der Waals surface area (Å²) in [6, 6.07) is 12.8. The third kappa shape index (κ3) is 3.23. The molecule has 1 aliphatic rings. The number of nitrogens with zero attached hydrogens (tertiary/aromatic N) is 2. The van der Waals surface area contributed by atoms with Crippen molar-refractivity contribution in [3.05, 3.63) is 48.3 Å². The van der Waals surface area contributed by atoms with Gasteiger partial charge >= 0.3 is 0 Å². The van der Waals surface area contributed by atoms with Crippen LogP contribution in [-0.2, 0) is 11.2 Å². The maximum atomic E-state index is 12.2. The van der Waals surface area contributed by atoms with Crippen molar-refractivity contribution in [1.82, 2.24) is 9.97 Å². The van der Waals surface area contributed by atoms with E-state index in [4.69, 9.17) is 14.2 Å². The molecule has 0 fully saturated rings. The first-order valence-electron chi connectivity index (χ1n) is 8.31. The average molecular weight is 351 g/mol. The highest BCUT2D eigenvalue weighted by molar-refractivity contribution is 5.92. The Morgan fingerprint density at radius 3 is 2.88 bits per heavy atom. The highest BCUT2D eigenvalue weighted by Gasteiger charge is 2.15. The van der Waals surface area contributed by atoms with Gasteiger partial charge in [0.05, 0.1) is 10.9 Å². The lowest BCUT2D eigenvalue weighted by atomic mass is 10.2. The monoisotopic (exact) mass is 351 g/mol. The lowest BCUT2D eigenvalue weighted by Gasteiger charge is -2.10. The predicted octanol–water partition coefficient (Wildman–Crippen LogP) is 2.94. The largest absolute Gasteiger partial charge is 0.467 e. The number of hydrogen-bond acceptors (Lipinski definition) is 6. The van der Waals surface area contributed by atoms with E-state index in [0.717, 1.165) is 10.9 Å². The van der Waals surface area contributed by atoms with Gasteiger partial charge in [0.1, 0.15) is 5.82 Å². The number of benzene rings is 2. The highest BCUT2D eigenvalue weighted by atomic mass is 16.7. The summed E-state index contributed by atoms with van der Waals surface area (Å²) in [7, 11) is 0. The van der Waals surface area contributed by atoms with Crippen LogP contribution in [0, 0.1) is 0 Å². The van der Waals surface area contributed by atoms with Gasteiger partial charge in [0, 0.05) is 18.2 Å². The number of aryl methyl sites for hydroxylation is 1. The Hall–Kier alpha value is -3.35. The van der Waals surface area contributed by atoms with Crippen molar-refractivity contribution in [1.29, 1.82) is 0 Å². The van der Waals surface area contributed by atoms with Crippen LogP contribution < -0.4 is 19.5 Å². The Morgan fingerprint density at radius 1 is 1.15 bits per heavy atom. The van der Waals surface area contributed by atoms with Crippen LogP contribution >= 0.6 is 0 Å². The van der Waals surface area contributed by atoms with Gasteiger partial charge in [-0.15, -0.1) is 0 Å². The third-order valence-electron chi connectivity index (χ3n) is 3.93. The Balaban J connectivity index is 1.47. The molecule has 0 radical (unpaired) electrons. The fraction of sp³-hybridized carbons (Fsp3) is 0.211. The Kier molecular flexibility index (Phi) is 4.27. The van der Waals surface area contributed by atoms with Gasteiger partial charge in [-0.1, -0.05) is 19.1 Å². The molecule has 1 aromatic heterocycles. The van der Waals surface area contributed by atoms with Crippen molar-refractivity contribution < 1.29 is 19.0 Å². The number of fused-ring (bicyclic) bond motifs is 2. The van der Waals surface area contributed by atoms with Gasteiger partial charge in [0.2, 0.25) is 12.7 Å². The molecule has 0 atom stereocenters. The maximum absolute atomic E-state index is 12.2. The molecule has 0 saturated heterocycles. The lowest BCUT2D eigenvalue weighted by molar-refractivity contribution is -0.118. The number of aromatic nitrogens is 2. The lowest BCUT2D eigenvalue weighted by Crippen LogP contribution is -2.20. The standard InChI is InChI=1S/C19H17N3O4/c1-2-17-21-14-6-4-3-5-13(14)19(22-17)24-10-18(23)20-12-7-8-15-16(9-12)26-11-25-15/h3-9H,2,10-11H2,1H3,(H,20,23). The first-order valence-corrected chi connectivity index (χ1v) is 8.31. The van der Waals surface area contributed by atoms with Crippen LogP contribution in [0.1, 0.15) is 12.7 Å². The van der Waals surface area contributed by atoms with Gasteiger partial charge in [0.25, 0.3) is 5.91 Å². The first-order chi connectivity index (χ1) is 12.7. The van der Waals surface area contributed by atoms with Crippen LogP contribution in [0.25, 0.3) is 10.9 Å². The molecule has 1 amide bonds. The molecular weight excluding hydrogens is 334 g/mol. The number of ether oxygens (including phenoxy) is 3. The van der Waals surface area contributed by atoms with Gasteiger partial charge in [0.15, 0.2) is 18.1 Å². The summed E-state index contributed by atoms with van der Waals surface area (Å²) in [4.78, 5) is 21.1. The van der Waals surface area contributed by atoms with E-state index in [1.165, 1.54) is 0 Å². The summed E-state index contributed by atoms with van der Waals surface area (Å²) >= 11 is 0. The molecule has 1 N–H and O–H groups in total. The molecule has 0 saturated carbocycles. The minimum atomic E-state index is -0.287. The van der Waals surface area contributed by atoms with Gasteiger partial charge in [-0.25, -0.2) is 4.98 Å². The molecule has 0 unspecified atom stereocenters. The second kappa shape index (κ2) is 6.87. The quantitative estimate of drug-likeness (QED) is 0.761. The second-order valence-corrected chi connectivity index (χ2v) is 5.72. The van der Waals surface area contributed by atoms with Crippen molar-refractivity contribution in [2.45, 2.75) is 13.3 Å². The van der Waals surface area contributed by atoms with E-state index in [1.807, 2.05) is 31.2 Å². The summed E-state index contributed by atoms with van der Waals surface area (Å²) in [5.41, 5.74) is 1.41. The number of carbonyl (C=O) groups excluding carboxylic acids is 1. The number of amides is 1. The molecule has 4 rings (SSSR count). The fourth-order valence-corrected chi connectivity index (χ4v) is 2.67. The summed E-state index contributed by atoms with van der Waals surface area (Å²) in [5.74, 6) is 2.07. The van der Waals surface area contributed by atoms with Crippen LogP contribution in [0.15, 0.2) is 42.5 Å². The van der Waals surface area contributed by atoms with Gasteiger partial charge in [-0.3, -0.25) is 4.79 Å². The van der Waals surface area contributed by atoms with Crippen LogP contribution in [0.2, 0.25) is 0 Å². The molecule has 0 bridgehead atoms. The topological polar surface area (TPSA) is 82.6 Å². The molecule has 3 aromatic rings. The summed E-state index contributed by atoms with van der Waals surface area (Å²) < 4.78 is 16.2. The smallest absolute Gasteiger partial charge is 0.262 e. The van der Waals surface area contributed by atoms with E-state index in [-0.39, 0.29) is 19.3 Å². The van der Waals surface area contributed by atoms with Gasteiger partial charge < -0.3 is 19.5 Å². The van der Waals surface area contributed by atoms with Crippen molar-refractivity contribution in [2.75, 3.05) is 18.7 Å². The average Bonchev–Trinajstić information content (AvgIpc) is 3.13. The minimum absolute atomic E-state index is 0.154. The minimum Gasteiger partial charge on any atom is -0.467 e. The number of rotatable bonds is 5. The van der Waals surface area contributed by atoms with Crippen LogP contribution in [0.3, 0.4) is 0 Å². The van der Waals surface area contributed by atoms with Crippen molar-refractivity contribution in [3.63, 3.8) is 0 Å². The molecule has 2 heterocycles. The summed E-state index contributed by atoms with van der Waals surface area (Å²) in [5, 5.41) is 3.55. The number of hydrogen-bond donors (Lipinski definition) is 1. The molecule has 1 aliphatic heterocycles. The van der Waals surface area contributed by atoms with Crippen LogP contribution in [0.4, 0.5) is 5.69 Å². The number of para-hydroxylation sites is 1. The predicted molar refractivity (Wildman–Crippen MR) is 95.6 cm³/mol. The number of anilines is 1. The molecular formula is C19H17N3O4. The highest BCUT2D eigenvalue weighted by Crippen LogP contribution is 2.34. The normalized spacial score (nSPS) is 12.2. The Bertz CT molecular complexity index is 974. The van der Waals surface area contributed by atoms with Crippen LogP contribution in [-0.4, -0.2) is 29.3 Å². The zero-order valence-corrected chi connectivity index (χ0v) is 14.2. The van der Waals surface area contributed by atoms with E-state index in [1.54, 1.807) is 18.2 Å². The molecule has 7 heteroatoms. The number of carbonyl (C=O) groups is 1. The zero-order valence-electron chi connectivity index (χ0n) is 14.2. The van der Waals surface area contributed by atoms with Crippen molar-refractivity contribution in [2.24, 2.45) is 0 Å². The van der Waals surface area contributed by atoms with E-state index >= 15 is 0 Å². The van der Waals surface area contributed by atoms with Crippen molar-refractivity contribution in [3.8, 4) is 17.4 Å². The molecule has 0 aliphatic carbocycles. The van der Waals surface area contributed by atoms with E-state index in [9.17, 15) is 4.79 Å². The van der Waals surface area contributed by atoms with Crippen molar-refractivity contribution >= 4 is 22.5 Å². The van der Waals surface area contributed by atoms with E-state index in [0.29, 0.717) is 35.3 Å². The van der Waals surface area contributed by atoms with E-state index in [2.05, 4.69) is 15.3 Å². The van der Waals surface area contributed by atoms with Crippen LogP contribution in [0.5, 0.6) is 17.4 Å². The fourth-order valence-electron chi connectivity index (χ4n) is 2.67. The first kappa shape index (κ1) is 16.1. The third-order valence-corrected chi connectivity index (χ3v) is 3.93. The van der Waals surface area contributed by atoms with Gasteiger partial charge in [-0.2, -0.15) is 4.98 Å². The zero-order chi connectivity index (χ0) is 17.9.